The summed E-state index contributed by atoms with van der Waals surface area (Å²) in [4.78, 5) is 0. The highest BCUT2D eigenvalue weighted by molar-refractivity contribution is 5.21. The van der Waals surface area contributed by atoms with Gasteiger partial charge in [0.25, 0.3) is 0 Å². The zero-order valence-corrected chi connectivity index (χ0v) is 12.4. The average Bonchev–Trinajstić information content (AvgIpc) is 2.47. The lowest BCUT2D eigenvalue weighted by molar-refractivity contribution is 0.441. The molecule has 0 heterocycles. The Morgan fingerprint density at radius 2 is 1.71 bits per heavy atom. The van der Waals surface area contributed by atoms with Crippen molar-refractivity contribution in [1.82, 2.24) is 5.32 Å². The van der Waals surface area contributed by atoms with Gasteiger partial charge < -0.3 is 5.32 Å². The molecular weight excluding hydrogens is 268 g/mol. The summed E-state index contributed by atoms with van der Waals surface area (Å²) in [6, 6.07) is 13.6. The highest BCUT2D eigenvalue weighted by Crippen LogP contribution is 2.19. The molecule has 1 N–H and O–H groups in total. The molecule has 0 aliphatic heterocycles. The van der Waals surface area contributed by atoms with E-state index in [1.807, 2.05) is 6.07 Å². The van der Waals surface area contributed by atoms with Gasteiger partial charge in [0.1, 0.15) is 11.6 Å². The fraction of sp³-hybridized carbons (Fsp3) is 0.333. The fourth-order valence-electron chi connectivity index (χ4n) is 2.55. The van der Waals surface area contributed by atoms with Gasteiger partial charge in [-0.3, -0.25) is 0 Å². The molecule has 112 valence electrons. The maximum Gasteiger partial charge on any atom is 0.123 e. The lowest BCUT2D eigenvalue weighted by Gasteiger charge is -2.23. The summed E-state index contributed by atoms with van der Waals surface area (Å²) in [5.41, 5.74) is 2.05. The Kier molecular flexibility index (Phi) is 5.45. The Morgan fingerprint density at radius 1 is 1.00 bits per heavy atom. The molecule has 2 aromatic carbocycles. The normalized spacial score (nSPS) is 13.9. The monoisotopic (exact) mass is 289 g/mol. The van der Waals surface area contributed by atoms with Crippen molar-refractivity contribution < 1.29 is 8.78 Å². The molecule has 21 heavy (non-hydrogen) atoms. The zero-order chi connectivity index (χ0) is 15.2. The molecule has 2 aromatic rings. The van der Waals surface area contributed by atoms with Crippen LogP contribution in [0.2, 0.25) is 0 Å². The first-order valence-electron chi connectivity index (χ1n) is 7.34. The largest absolute Gasteiger partial charge is 0.307 e. The molecule has 0 saturated carbocycles. The van der Waals surface area contributed by atoms with E-state index >= 15 is 0 Å². The van der Waals surface area contributed by atoms with E-state index in [4.69, 9.17) is 0 Å². The van der Waals surface area contributed by atoms with Crippen molar-refractivity contribution in [3.63, 3.8) is 0 Å². The summed E-state index contributed by atoms with van der Waals surface area (Å²) < 4.78 is 26.2. The summed E-state index contributed by atoms with van der Waals surface area (Å²) in [6.07, 6.45) is 1.70. The molecule has 0 bridgehead atoms. The molecule has 1 nitrogen and oxygen atoms in total. The van der Waals surface area contributed by atoms with Gasteiger partial charge in [-0.15, -0.1) is 0 Å². The summed E-state index contributed by atoms with van der Waals surface area (Å²) in [6.45, 7) is 4.17. The van der Waals surface area contributed by atoms with Crippen molar-refractivity contribution in [3.8, 4) is 0 Å². The standard InChI is InChI=1S/C18H21F2N/c1-3-18(15-5-4-6-17(20)12-15)21-13(2)11-14-7-9-16(19)10-8-14/h4-10,12-13,18,21H,3,11H2,1-2H3. The second-order valence-electron chi connectivity index (χ2n) is 5.41. The van der Waals surface area contributed by atoms with E-state index in [9.17, 15) is 8.78 Å². The summed E-state index contributed by atoms with van der Waals surface area (Å²) in [5, 5.41) is 3.51. The van der Waals surface area contributed by atoms with Crippen LogP contribution in [0.5, 0.6) is 0 Å². The number of nitrogens with one attached hydrogen (secondary N) is 1. The third-order valence-corrected chi connectivity index (χ3v) is 3.60. The van der Waals surface area contributed by atoms with Crippen LogP contribution in [-0.2, 0) is 6.42 Å². The van der Waals surface area contributed by atoms with E-state index in [1.165, 1.54) is 18.2 Å². The molecule has 0 aliphatic carbocycles. The van der Waals surface area contributed by atoms with Gasteiger partial charge in [0.05, 0.1) is 0 Å². The van der Waals surface area contributed by atoms with Gasteiger partial charge in [0, 0.05) is 12.1 Å². The van der Waals surface area contributed by atoms with Crippen molar-refractivity contribution in [3.05, 3.63) is 71.3 Å². The van der Waals surface area contributed by atoms with E-state index in [-0.39, 0.29) is 23.7 Å². The van der Waals surface area contributed by atoms with Gasteiger partial charge in [-0.2, -0.15) is 0 Å². The maximum absolute atomic E-state index is 13.3. The Hall–Kier alpha value is -1.74. The molecule has 0 saturated heterocycles. The minimum atomic E-state index is -0.217. The number of hydrogen-bond donors (Lipinski definition) is 1. The number of halogens is 2. The number of rotatable bonds is 6. The maximum atomic E-state index is 13.3. The van der Waals surface area contributed by atoms with E-state index in [2.05, 4.69) is 19.2 Å². The predicted octanol–water partition coefficient (Wildman–Crippen LogP) is 4.64. The van der Waals surface area contributed by atoms with Crippen LogP contribution in [0.1, 0.15) is 37.4 Å². The fourth-order valence-corrected chi connectivity index (χ4v) is 2.55. The lowest BCUT2D eigenvalue weighted by atomic mass is 10.0. The summed E-state index contributed by atoms with van der Waals surface area (Å²) in [5.74, 6) is -0.426. The van der Waals surface area contributed by atoms with Gasteiger partial charge >= 0.3 is 0 Å². The molecular formula is C18H21F2N. The Morgan fingerprint density at radius 3 is 2.33 bits per heavy atom. The lowest BCUT2D eigenvalue weighted by Crippen LogP contribution is -2.32. The van der Waals surface area contributed by atoms with Crippen molar-refractivity contribution >= 4 is 0 Å². The Labute approximate surface area is 125 Å². The molecule has 2 atom stereocenters. The highest BCUT2D eigenvalue weighted by atomic mass is 19.1. The van der Waals surface area contributed by atoms with Crippen LogP contribution < -0.4 is 5.32 Å². The summed E-state index contributed by atoms with van der Waals surface area (Å²) in [7, 11) is 0. The SMILES string of the molecule is CCC(NC(C)Cc1ccc(F)cc1)c1cccc(F)c1. The minimum Gasteiger partial charge on any atom is -0.307 e. The average molecular weight is 289 g/mol. The van der Waals surface area contributed by atoms with Gasteiger partial charge in [0.2, 0.25) is 0 Å². The molecule has 0 spiro atoms. The number of hydrogen-bond acceptors (Lipinski definition) is 1. The first-order valence-corrected chi connectivity index (χ1v) is 7.34. The molecule has 3 heteroatoms. The molecule has 0 fully saturated rings. The first kappa shape index (κ1) is 15.6. The molecule has 0 aliphatic rings. The van der Waals surface area contributed by atoms with Crippen LogP contribution in [0.3, 0.4) is 0 Å². The minimum absolute atomic E-state index is 0.121. The van der Waals surface area contributed by atoms with E-state index in [0.29, 0.717) is 0 Å². The molecule has 0 radical (unpaired) electrons. The topological polar surface area (TPSA) is 12.0 Å². The van der Waals surface area contributed by atoms with Gasteiger partial charge in [-0.1, -0.05) is 31.2 Å². The van der Waals surface area contributed by atoms with Gasteiger partial charge in [-0.25, -0.2) is 8.78 Å². The van der Waals surface area contributed by atoms with Gasteiger partial charge in [-0.05, 0) is 55.2 Å². The van der Waals surface area contributed by atoms with Gasteiger partial charge in [0.15, 0.2) is 0 Å². The van der Waals surface area contributed by atoms with Crippen LogP contribution in [0.25, 0.3) is 0 Å². The first-order chi connectivity index (χ1) is 10.1. The molecule has 2 unspecified atom stereocenters. The van der Waals surface area contributed by atoms with Crippen molar-refractivity contribution in [1.29, 1.82) is 0 Å². The van der Waals surface area contributed by atoms with Crippen LogP contribution >= 0.6 is 0 Å². The van der Waals surface area contributed by atoms with Crippen molar-refractivity contribution in [2.45, 2.75) is 38.8 Å². The van der Waals surface area contributed by atoms with Crippen molar-refractivity contribution in [2.75, 3.05) is 0 Å². The molecule has 0 aromatic heterocycles. The third kappa shape index (κ3) is 4.64. The zero-order valence-electron chi connectivity index (χ0n) is 12.4. The molecule has 0 amide bonds. The Balaban J connectivity index is 1.99. The second kappa shape index (κ2) is 7.32. The van der Waals surface area contributed by atoms with Crippen LogP contribution in [0.4, 0.5) is 8.78 Å². The van der Waals surface area contributed by atoms with E-state index in [0.717, 1.165) is 24.0 Å². The Bertz CT molecular complexity index is 566. The predicted molar refractivity (Wildman–Crippen MR) is 82.1 cm³/mol. The van der Waals surface area contributed by atoms with Crippen LogP contribution in [-0.4, -0.2) is 6.04 Å². The molecule has 2 rings (SSSR count). The quantitative estimate of drug-likeness (QED) is 0.817. The summed E-state index contributed by atoms with van der Waals surface area (Å²) >= 11 is 0. The highest BCUT2D eigenvalue weighted by Gasteiger charge is 2.13. The van der Waals surface area contributed by atoms with E-state index < -0.39 is 0 Å². The third-order valence-electron chi connectivity index (χ3n) is 3.60. The van der Waals surface area contributed by atoms with E-state index in [1.54, 1.807) is 24.3 Å². The smallest absolute Gasteiger partial charge is 0.123 e. The second-order valence-corrected chi connectivity index (χ2v) is 5.41. The van der Waals surface area contributed by atoms with Crippen molar-refractivity contribution in [2.24, 2.45) is 0 Å². The van der Waals surface area contributed by atoms with Crippen LogP contribution in [0.15, 0.2) is 48.5 Å². The number of benzene rings is 2. The van der Waals surface area contributed by atoms with Crippen LogP contribution in [0, 0.1) is 11.6 Å².